The van der Waals surface area contributed by atoms with Crippen molar-refractivity contribution < 1.29 is 18.0 Å². The average Bonchev–Trinajstić information content (AvgIpc) is 3.00. The molecule has 23 heavy (non-hydrogen) atoms. The van der Waals surface area contributed by atoms with Crippen molar-refractivity contribution in [1.29, 1.82) is 0 Å². The number of thiazole rings is 1. The monoisotopic (exact) mass is 341 g/mol. The van der Waals surface area contributed by atoms with E-state index >= 15 is 0 Å². The lowest BCUT2D eigenvalue weighted by Gasteiger charge is -2.35. The Morgan fingerprint density at radius 1 is 1.35 bits per heavy atom. The van der Waals surface area contributed by atoms with Gasteiger partial charge in [-0.1, -0.05) is 18.2 Å². The highest BCUT2D eigenvalue weighted by Gasteiger charge is 2.40. The van der Waals surface area contributed by atoms with E-state index in [1.54, 1.807) is 10.4 Å². The molecule has 1 saturated heterocycles. The van der Waals surface area contributed by atoms with Crippen LogP contribution in [0.5, 0.6) is 0 Å². The molecule has 0 radical (unpaired) electrons. The van der Waals surface area contributed by atoms with E-state index in [9.17, 15) is 18.0 Å². The predicted molar refractivity (Wildman–Crippen MR) is 79.7 cm³/mol. The summed E-state index contributed by atoms with van der Waals surface area (Å²) in [7, 11) is 0. The summed E-state index contributed by atoms with van der Waals surface area (Å²) in [5.41, 5.74) is 1.62. The number of hydrogen-bond acceptors (Lipinski definition) is 4. The van der Waals surface area contributed by atoms with Gasteiger partial charge in [-0.15, -0.1) is 11.3 Å². The molecule has 2 heterocycles. The summed E-state index contributed by atoms with van der Waals surface area (Å²) < 4.78 is 39.8. The molecule has 0 bridgehead atoms. The van der Waals surface area contributed by atoms with Crippen molar-refractivity contribution in [2.24, 2.45) is 0 Å². The minimum atomic E-state index is -4.50. The lowest BCUT2D eigenvalue weighted by atomic mass is 9.96. The van der Waals surface area contributed by atoms with Crippen LogP contribution in [-0.2, 0) is 17.5 Å². The maximum absolute atomic E-state index is 13.3. The first kappa shape index (κ1) is 15.9. The van der Waals surface area contributed by atoms with Gasteiger partial charge in [-0.25, -0.2) is 4.98 Å². The minimum Gasteiger partial charge on any atom is -0.353 e. The number of amides is 1. The van der Waals surface area contributed by atoms with Gasteiger partial charge in [-0.3, -0.25) is 9.69 Å². The Labute approximate surface area is 135 Å². The number of carbonyl (C=O) groups is 1. The summed E-state index contributed by atoms with van der Waals surface area (Å²) in [6, 6.07) is 4.26. The molecule has 4 nitrogen and oxygen atoms in total. The normalized spacial score (nSPS) is 19.6. The van der Waals surface area contributed by atoms with Crippen molar-refractivity contribution >= 4 is 17.2 Å². The molecule has 1 fully saturated rings. The van der Waals surface area contributed by atoms with Gasteiger partial charge >= 0.3 is 6.18 Å². The third kappa shape index (κ3) is 3.37. The second-order valence-corrected chi connectivity index (χ2v) is 5.95. The largest absolute Gasteiger partial charge is 0.416 e. The van der Waals surface area contributed by atoms with Crippen LogP contribution in [0.4, 0.5) is 13.2 Å². The number of halogens is 3. The van der Waals surface area contributed by atoms with Crippen LogP contribution in [0.1, 0.15) is 22.9 Å². The first-order valence-electron chi connectivity index (χ1n) is 7.02. The number of nitrogens with one attached hydrogen (secondary N) is 1. The molecule has 122 valence electrons. The molecule has 2 aromatic rings. The van der Waals surface area contributed by atoms with Gasteiger partial charge in [0, 0.05) is 25.0 Å². The summed E-state index contributed by atoms with van der Waals surface area (Å²) in [6.45, 7) is 1.22. The van der Waals surface area contributed by atoms with Crippen molar-refractivity contribution in [3.05, 3.63) is 52.0 Å². The number of alkyl halides is 3. The Morgan fingerprint density at radius 2 is 2.13 bits per heavy atom. The lowest BCUT2D eigenvalue weighted by molar-refractivity contribution is -0.140. The predicted octanol–water partition coefficient (Wildman–Crippen LogP) is 2.84. The number of benzene rings is 1. The molecule has 1 aliphatic rings. The van der Waals surface area contributed by atoms with Crippen LogP contribution >= 0.6 is 11.3 Å². The number of rotatable bonds is 3. The van der Waals surface area contributed by atoms with Crippen molar-refractivity contribution in [3.63, 3.8) is 0 Å². The Morgan fingerprint density at radius 3 is 2.83 bits per heavy atom. The molecule has 8 heteroatoms. The van der Waals surface area contributed by atoms with E-state index in [1.807, 2.05) is 5.38 Å². The molecule has 0 spiro atoms. The van der Waals surface area contributed by atoms with Crippen LogP contribution in [-0.4, -0.2) is 28.9 Å². The van der Waals surface area contributed by atoms with Gasteiger partial charge < -0.3 is 5.32 Å². The summed E-state index contributed by atoms with van der Waals surface area (Å²) in [4.78, 5) is 18.2. The van der Waals surface area contributed by atoms with Crippen LogP contribution in [0, 0.1) is 0 Å². The van der Waals surface area contributed by atoms with E-state index < -0.39 is 23.7 Å². The topological polar surface area (TPSA) is 45.2 Å². The maximum Gasteiger partial charge on any atom is 0.416 e. The molecular formula is C15H14F3N3OS. The number of hydrogen-bond donors (Lipinski definition) is 1. The van der Waals surface area contributed by atoms with E-state index in [1.165, 1.54) is 29.5 Å². The highest BCUT2D eigenvalue weighted by Crippen LogP contribution is 2.37. The van der Waals surface area contributed by atoms with Gasteiger partial charge in [0.2, 0.25) is 5.91 Å². The van der Waals surface area contributed by atoms with Gasteiger partial charge in [-0.2, -0.15) is 13.2 Å². The third-order valence-corrected chi connectivity index (χ3v) is 4.36. The fraction of sp³-hybridized carbons (Fsp3) is 0.333. The second kappa shape index (κ2) is 6.29. The Kier molecular flexibility index (Phi) is 4.36. The van der Waals surface area contributed by atoms with Gasteiger partial charge in [0.1, 0.15) is 6.04 Å². The van der Waals surface area contributed by atoms with Crippen molar-refractivity contribution in [3.8, 4) is 0 Å². The number of piperazine rings is 1. The maximum atomic E-state index is 13.3. The smallest absolute Gasteiger partial charge is 0.353 e. The molecule has 1 unspecified atom stereocenters. The third-order valence-electron chi connectivity index (χ3n) is 3.72. The zero-order chi connectivity index (χ0) is 16.4. The van der Waals surface area contributed by atoms with Gasteiger partial charge in [0.15, 0.2) is 0 Å². The van der Waals surface area contributed by atoms with Crippen molar-refractivity contribution in [2.75, 3.05) is 13.1 Å². The van der Waals surface area contributed by atoms with Crippen molar-refractivity contribution in [1.82, 2.24) is 15.2 Å². The SMILES string of the molecule is O=C1NCCN(Cc2cscn2)C1c1ccccc1C(F)(F)F. The van der Waals surface area contributed by atoms with Crippen LogP contribution in [0.15, 0.2) is 35.2 Å². The zero-order valence-corrected chi connectivity index (χ0v) is 12.8. The summed E-state index contributed by atoms with van der Waals surface area (Å²) in [5, 5.41) is 4.49. The number of aromatic nitrogens is 1. The fourth-order valence-electron chi connectivity index (χ4n) is 2.74. The summed E-state index contributed by atoms with van der Waals surface area (Å²) in [5.74, 6) is -0.414. The summed E-state index contributed by atoms with van der Waals surface area (Å²) >= 11 is 1.42. The first-order chi connectivity index (χ1) is 11.0. The number of carbonyl (C=O) groups excluding carboxylic acids is 1. The number of nitrogens with zero attached hydrogens (tertiary/aromatic N) is 2. The first-order valence-corrected chi connectivity index (χ1v) is 7.96. The Hall–Kier alpha value is -1.93. The van der Waals surface area contributed by atoms with E-state index in [-0.39, 0.29) is 5.56 Å². The molecule has 1 aromatic heterocycles. The molecule has 1 atom stereocenters. The van der Waals surface area contributed by atoms with Gasteiger partial charge in [0.05, 0.1) is 16.8 Å². The molecule has 1 aliphatic heterocycles. The second-order valence-electron chi connectivity index (χ2n) is 5.23. The molecule has 3 rings (SSSR count). The summed E-state index contributed by atoms with van der Waals surface area (Å²) in [6.07, 6.45) is -4.50. The van der Waals surface area contributed by atoms with Crippen LogP contribution in [0.25, 0.3) is 0 Å². The van der Waals surface area contributed by atoms with Crippen LogP contribution in [0.3, 0.4) is 0 Å². The van der Waals surface area contributed by atoms with Crippen LogP contribution < -0.4 is 5.32 Å². The van der Waals surface area contributed by atoms with E-state index in [0.717, 1.165) is 11.8 Å². The Bertz CT molecular complexity index is 688. The minimum absolute atomic E-state index is 0.0209. The molecule has 0 aliphatic carbocycles. The fourth-order valence-corrected chi connectivity index (χ4v) is 3.29. The van der Waals surface area contributed by atoms with E-state index in [4.69, 9.17) is 0 Å². The highest BCUT2D eigenvalue weighted by atomic mass is 32.1. The highest BCUT2D eigenvalue weighted by molar-refractivity contribution is 7.07. The van der Waals surface area contributed by atoms with Gasteiger partial charge in [-0.05, 0) is 11.6 Å². The quantitative estimate of drug-likeness (QED) is 0.934. The molecule has 1 amide bonds. The van der Waals surface area contributed by atoms with E-state index in [0.29, 0.717) is 19.6 Å². The lowest BCUT2D eigenvalue weighted by Crippen LogP contribution is -2.50. The van der Waals surface area contributed by atoms with Gasteiger partial charge in [0.25, 0.3) is 0 Å². The average molecular weight is 341 g/mol. The zero-order valence-electron chi connectivity index (χ0n) is 12.0. The molecular weight excluding hydrogens is 327 g/mol. The van der Waals surface area contributed by atoms with E-state index in [2.05, 4.69) is 10.3 Å². The molecule has 1 N–H and O–H groups in total. The molecule has 0 saturated carbocycles. The molecule has 1 aromatic carbocycles. The Balaban J connectivity index is 1.98. The standard InChI is InChI=1S/C15H14F3N3OS/c16-15(17,18)12-4-2-1-3-11(12)13-14(22)19-5-6-21(13)7-10-8-23-9-20-10/h1-4,8-9,13H,5-7H2,(H,19,22). The van der Waals surface area contributed by atoms with Crippen molar-refractivity contribution in [2.45, 2.75) is 18.8 Å². The van der Waals surface area contributed by atoms with Crippen LogP contribution in [0.2, 0.25) is 0 Å².